The van der Waals surface area contributed by atoms with E-state index in [0.717, 1.165) is 16.9 Å². The van der Waals surface area contributed by atoms with Gasteiger partial charge in [-0.2, -0.15) is 0 Å². The minimum absolute atomic E-state index is 0.238. The molecule has 3 aromatic rings. The van der Waals surface area contributed by atoms with Gasteiger partial charge < -0.3 is 14.8 Å². The van der Waals surface area contributed by atoms with Crippen molar-refractivity contribution in [3.05, 3.63) is 61.1 Å². The smallest absolute Gasteiger partial charge is 0.115 e. The molecule has 0 spiro atoms. The van der Waals surface area contributed by atoms with Gasteiger partial charge in [0.05, 0.1) is 12.0 Å². The standard InChI is InChI=1S/C15H12N2O2/c18-13-5-1-11(2-6-13)15-9-17(10-16-15)12-3-7-14(19)8-4-12/h1-10,18-19H. The molecule has 0 aliphatic rings. The van der Waals surface area contributed by atoms with Crippen molar-refractivity contribution in [2.75, 3.05) is 0 Å². The maximum atomic E-state index is 9.26. The normalized spacial score (nSPS) is 10.5. The topological polar surface area (TPSA) is 58.3 Å². The molecule has 0 unspecified atom stereocenters. The van der Waals surface area contributed by atoms with E-state index in [1.807, 2.05) is 35.0 Å². The van der Waals surface area contributed by atoms with Crippen molar-refractivity contribution in [1.29, 1.82) is 0 Å². The lowest BCUT2D eigenvalue weighted by Crippen LogP contribution is -1.88. The molecule has 0 aliphatic heterocycles. The summed E-state index contributed by atoms with van der Waals surface area (Å²) in [5.74, 6) is 0.476. The van der Waals surface area contributed by atoms with Crippen LogP contribution in [0.4, 0.5) is 0 Å². The Morgan fingerprint density at radius 3 is 2.00 bits per heavy atom. The highest BCUT2D eigenvalue weighted by Crippen LogP contribution is 2.22. The lowest BCUT2D eigenvalue weighted by atomic mass is 10.2. The monoisotopic (exact) mass is 252 g/mol. The minimum atomic E-state index is 0.238. The van der Waals surface area contributed by atoms with Gasteiger partial charge >= 0.3 is 0 Å². The molecule has 0 saturated heterocycles. The number of phenols is 2. The van der Waals surface area contributed by atoms with E-state index < -0.39 is 0 Å². The summed E-state index contributed by atoms with van der Waals surface area (Å²) in [7, 11) is 0. The van der Waals surface area contributed by atoms with E-state index in [1.165, 1.54) is 0 Å². The van der Waals surface area contributed by atoms with Crippen LogP contribution in [0.15, 0.2) is 61.1 Å². The first kappa shape index (κ1) is 11.3. The Morgan fingerprint density at radius 2 is 1.37 bits per heavy atom. The third-order valence-corrected chi connectivity index (χ3v) is 2.89. The Balaban J connectivity index is 1.95. The Bertz CT molecular complexity index is 625. The molecule has 4 nitrogen and oxygen atoms in total. The zero-order valence-electron chi connectivity index (χ0n) is 10.1. The summed E-state index contributed by atoms with van der Waals surface area (Å²) in [6, 6.07) is 13.8. The molecule has 0 atom stereocenters. The summed E-state index contributed by atoms with van der Waals surface area (Å²) < 4.78 is 1.88. The van der Waals surface area contributed by atoms with Gasteiger partial charge in [-0.3, -0.25) is 0 Å². The zero-order chi connectivity index (χ0) is 13.2. The predicted molar refractivity (Wildman–Crippen MR) is 72.3 cm³/mol. The summed E-state index contributed by atoms with van der Waals surface area (Å²) in [5.41, 5.74) is 2.69. The fourth-order valence-corrected chi connectivity index (χ4v) is 1.87. The summed E-state index contributed by atoms with van der Waals surface area (Å²) >= 11 is 0. The van der Waals surface area contributed by atoms with E-state index in [0.29, 0.717) is 0 Å². The summed E-state index contributed by atoms with van der Waals surface area (Å²) in [5, 5.41) is 18.5. The van der Waals surface area contributed by atoms with Crippen LogP contribution in [0.1, 0.15) is 0 Å². The van der Waals surface area contributed by atoms with Crippen LogP contribution in [0.5, 0.6) is 11.5 Å². The first-order valence-electron chi connectivity index (χ1n) is 5.85. The van der Waals surface area contributed by atoms with Crippen LogP contribution in [-0.4, -0.2) is 19.8 Å². The van der Waals surface area contributed by atoms with Crippen molar-refractivity contribution < 1.29 is 10.2 Å². The molecule has 0 saturated carbocycles. The second-order valence-electron chi connectivity index (χ2n) is 4.23. The molecular weight excluding hydrogens is 240 g/mol. The quantitative estimate of drug-likeness (QED) is 0.737. The number of imidazole rings is 1. The number of aromatic nitrogens is 2. The van der Waals surface area contributed by atoms with Crippen molar-refractivity contribution in [3.8, 4) is 28.4 Å². The highest BCUT2D eigenvalue weighted by molar-refractivity contribution is 5.60. The van der Waals surface area contributed by atoms with E-state index in [2.05, 4.69) is 4.98 Å². The van der Waals surface area contributed by atoms with Crippen molar-refractivity contribution in [2.24, 2.45) is 0 Å². The maximum absolute atomic E-state index is 9.26. The van der Waals surface area contributed by atoms with E-state index in [-0.39, 0.29) is 11.5 Å². The van der Waals surface area contributed by atoms with Gasteiger partial charge in [0.1, 0.15) is 11.5 Å². The number of hydrogen-bond acceptors (Lipinski definition) is 3. The first-order valence-corrected chi connectivity index (χ1v) is 5.85. The molecule has 0 amide bonds. The average molecular weight is 252 g/mol. The summed E-state index contributed by atoms with van der Waals surface area (Å²) in [6.45, 7) is 0. The van der Waals surface area contributed by atoms with Gasteiger partial charge in [-0.15, -0.1) is 0 Å². The Hall–Kier alpha value is -2.75. The molecule has 0 fully saturated rings. The summed E-state index contributed by atoms with van der Waals surface area (Å²) in [6.07, 6.45) is 3.62. The summed E-state index contributed by atoms with van der Waals surface area (Å²) in [4.78, 5) is 4.33. The largest absolute Gasteiger partial charge is 0.508 e. The molecule has 94 valence electrons. The van der Waals surface area contributed by atoms with Gasteiger partial charge in [0.25, 0.3) is 0 Å². The molecule has 2 N–H and O–H groups in total. The molecule has 0 radical (unpaired) electrons. The van der Waals surface area contributed by atoms with Crippen LogP contribution in [0.3, 0.4) is 0 Å². The van der Waals surface area contributed by atoms with Crippen molar-refractivity contribution in [3.63, 3.8) is 0 Å². The fourth-order valence-electron chi connectivity index (χ4n) is 1.87. The van der Waals surface area contributed by atoms with Gasteiger partial charge in [0, 0.05) is 17.4 Å². The minimum Gasteiger partial charge on any atom is -0.508 e. The SMILES string of the molecule is Oc1ccc(-c2cn(-c3ccc(O)cc3)cn2)cc1. The third-order valence-electron chi connectivity index (χ3n) is 2.89. The molecule has 0 bridgehead atoms. The molecule has 0 aliphatic carbocycles. The third kappa shape index (κ3) is 2.28. The average Bonchev–Trinajstić information content (AvgIpc) is 2.90. The van der Waals surface area contributed by atoms with Crippen LogP contribution in [0.2, 0.25) is 0 Å². The van der Waals surface area contributed by atoms with Gasteiger partial charge in [-0.1, -0.05) is 0 Å². The highest BCUT2D eigenvalue weighted by atomic mass is 16.3. The van der Waals surface area contributed by atoms with Crippen LogP contribution in [-0.2, 0) is 0 Å². The van der Waals surface area contributed by atoms with Crippen LogP contribution in [0.25, 0.3) is 16.9 Å². The van der Waals surface area contributed by atoms with Crippen molar-refractivity contribution in [1.82, 2.24) is 9.55 Å². The molecule has 4 heteroatoms. The Kier molecular flexibility index (Phi) is 2.68. The number of aromatic hydroxyl groups is 2. The number of hydrogen-bond donors (Lipinski definition) is 2. The maximum Gasteiger partial charge on any atom is 0.115 e. The molecule has 1 heterocycles. The zero-order valence-corrected chi connectivity index (χ0v) is 10.1. The van der Waals surface area contributed by atoms with E-state index in [1.54, 1.807) is 30.6 Å². The number of benzene rings is 2. The molecule has 1 aromatic heterocycles. The van der Waals surface area contributed by atoms with E-state index in [9.17, 15) is 10.2 Å². The number of nitrogens with zero attached hydrogens (tertiary/aromatic N) is 2. The highest BCUT2D eigenvalue weighted by Gasteiger charge is 2.03. The second-order valence-corrected chi connectivity index (χ2v) is 4.23. The lowest BCUT2D eigenvalue weighted by Gasteiger charge is -2.01. The van der Waals surface area contributed by atoms with Crippen molar-refractivity contribution >= 4 is 0 Å². The van der Waals surface area contributed by atoms with Crippen LogP contribution >= 0.6 is 0 Å². The van der Waals surface area contributed by atoms with Gasteiger partial charge in [-0.05, 0) is 48.5 Å². The van der Waals surface area contributed by atoms with Gasteiger partial charge in [0.15, 0.2) is 0 Å². The molecule has 3 rings (SSSR count). The van der Waals surface area contributed by atoms with Crippen LogP contribution in [0, 0.1) is 0 Å². The predicted octanol–water partition coefficient (Wildman–Crippen LogP) is 2.95. The molecule has 19 heavy (non-hydrogen) atoms. The lowest BCUT2D eigenvalue weighted by molar-refractivity contribution is 0.475. The Labute approximate surface area is 110 Å². The van der Waals surface area contributed by atoms with E-state index >= 15 is 0 Å². The number of rotatable bonds is 2. The second kappa shape index (κ2) is 4.49. The van der Waals surface area contributed by atoms with E-state index in [4.69, 9.17) is 0 Å². The Morgan fingerprint density at radius 1 is 0.789 bits per heavy atom. The van der Waals surface area contributed by atoms with Crippen LogP contribution < -0.4 is 0 Å². The fraction of sp³-hybridized carbons (Fsp3) is 0. The number of phenolic OH excluding ortho intramolecular Hbond substituents is 2. The van der Waals surface area contributed by atoms with Gasteiger partial charge in [0.2, 0.25) is 0 Å². The molecular formula is C15H12N2O2. The van der Waals surface area contributed by atoms with Gasteiger partial charge in [-0.25, -0.2) is 4.98 Å². The first-order chi connectivity index (χ1) is 9.22. The van der Waals surface area contributed by atoms with Crippen molar-refractivity contribution in [2.45, 2.75) is 0 Å². The molecule has 2 aromatic carbocycles.